The molecule has 4 rings (SSSR count). The Bertz CT molecular complexity index is 992. The van der Waals surface area contributed by atoms with Crippen LogP contribution in [0.1, 0.15) is 17.4 Å². The summed E-state index contributed by atoms with van der Waals surface area (Å²) < 4.78 is 28.9. The van der Waals surface area contributed by atoms with E-state index in [0.717, 1.165) is 5.56 Å². The second-order valence-electron chi connectivity index (χ2n) is 6.03. The van der Waals surface area contributed by atoms with Gasteiger partial charge >= 0.3 is 0 Å². The average molecular weight is 387 g/mol. The third-order valence-electron chi connectivity index (χ3n) is 4.22. The van der Waals surface area contributed by atoms with Crippen molar-refractivity contribution in [2.75, 3.05) is 10.7 Å². The van der Waals surface area contributed by atoms with Crippen molar-refractivity contribution in [3.8, 4) is 0 Å². The molecule has 0 spiro atoms. The van der Waals surface area contributed by atoms with Gasteiger partial charge in [-0.25, -0.2) is 13.5 Å². The van der Waals surface area contributed by atoms with Crippen LogP contribution in [0.15, 0.2) is 53.7 Å². The smallest absolute Gasteiger partial charge is 0.240 e. The van der Waals surface area contributed by atoms with Gasteiger partial charge in [-0.3, -0.25) is 4.79 Å². The van der Waals surface area contributed by atoms with Crippen LogP contribution in [-0.4, -0.2) is 26.0 Å². The van der Waals surface area contributed by atoms with Gasteiger partial charge < -0.3 is 10.7 Å². The number of amides is 1. The van der Waals surface area contributed by atoms with Crippen LogP contribution in [0.2, 0.25) is 0 Å². The molecule has 27 heavy (non-hydrogen) atoms. The zero-order valence-corrected chi connectivity index (χ0v) is 15.0. The number of anilines is 1. The van der Waals surface area contributed by atoms with E-state index in [-0.39, 0.29) is 17.4 Å². The number of carbonyl (C=O) groups is 1. The highest BCUT2D eigenvalue weighted by Crippen LogP contribution is 2.37. The number of aromatic nitrogens is 3. The summed E-state index contributed by atoms with van der Waals surface area (Å²) in [6.45, 7) is 1.78. The Kier molecular flexibility index (Phi) is 4.53. The zero-order valence-electron chi connectivity index (χ0n) is 14.2. The van der Waals surface area contributed by atoms with Gasteiger partial charge in [-0.1, -0.05) is 36.0 Å². The molecule has 0 radical (unpaired) electrons. The van der Waals surface area contributed by atoms with E-state index in [4.69, 9.17) is 0 Å². The van der Waals surface area contributed by atoms with Crippen LogP contribution in [0.4, 0.5) is 14.5 Å². The van der Waals surface area contributed by atoms with Crippen molar-refractivity contribution < 1.29 is 13.6 Å². The lowest BCUT2D eigenvalue weighted by Crippen LogP contribution is -2.41. The minimum atomic E-state index is -0.661. The summed E-state index contributed by atoms with van der Waals surface area (Å²) in [6.07, 6.45) is 0. The van der Waals surface area contributed by atoms with Gasteiger partial charge in [0.1, 0.15) is 22.7 Å². The monoisotopic (exact) mass is 387 g/mol. The van der Waals surface area contributed by atoms with Crippen molar-refractivity contribution in [2.45, 2.75) is 23.4 Å². The van der Waals surface area contributed by atoms with Crippen LogP contribution >= 0.6 is 11.8 Å². The lowest BCUT2D eigenvalue weighted by atomic mass is 10.0. The largest absolute Gasteiger partial charge is 0.323 e. The van der Waals surface area contributed by atoms with E-state index in [9.17, 15) is 13.6 Å². The number of benzene rings is 2. The van der Waals surface area contributed by atoms with Gasteiger partial charge in [-0.05, 0) is 36.8 Å². The number of hydrogen-bond acceptors (Lipinski definition) is 5. The number of aryl methyl sites for hydroxylation is 1. The Morgan fingerprint density at radius 3 is 2.63 bits per heavy atom. The molecule has 6 nitrogen and oxygen atoms in total. The van der Waals surface area contributed by atoms with Crippen molar-refractivity contribution in [2.24, 2.45) is 0 Å². The quantitative estimate of drug-likeness (QED) is 0.722. The van der Waals surface area contributed by atoms with Crippen molar-refractivity contribution >= 4 is 23.4 Å². The molecule has 2 atom stereocenters. The van der Waals surface area contributed by atoms with E-state index in [1.807, 2.05) is 0 Å². The van der Waals surface area contributed by atoms with Crippen molar-refractivity contribution in [1.29, 1.82) is 0 Å². The first kappa shape index (κ1) is 17.5. The fourth-order valence-electron chi connectivity index (χ4n) is 2.85. The fraction of sp³-hybridized carbons (Fsp3) is 0.167. The summed E-state index contributed by atoms with van der Waals surface area (Å²) in [5, 5.41) is 10.6. The molecule has 0 aliphatic carbocycles. The molecule has 2 N–H and O–H groups in total. The molecular formula is C18H15F2N5OS. The first-order valence-electron chi connectivity index (χ1n) is 8.19. The lowest BCUT2D eigenvalue weighted by Gasteiger charge is -2.32. The summed E-state index contributed by atoms with van der Waals surface area (Å²) in [4.78, 5) is 12.9. The van der Waals surface area contributed by atoms with E-state index in [2.05, 4.69) is 20.9 Å². The first-order chi connectivity index (χ1) is 13.0. The molecule has 3 aromatic rings. The maximum Gasteiger partial charge on any atom is 0.240 e. The number of carbonyl (C=O) groups excluding carboxylic acids is 1. The molecule has 2 aromatic carbocycles. The Labute approximate surface area is 158 Å². The molecule has 0 unspecified atom stereocenters. The van der Waals surface area contributed by atoms with Crippen LogP contribution in [0.25, 0.3) is 0 Å². The Morgan fingerprint density at radius 1 is 1.15 bits per heavy atom. The molecular weight excluding hydrogens is 372 g/mol. The highest BCUT2D eigenvalue weighted by Gasteiger charge is 2.37. The van der Waals surface area contributed by atoms with Crippen molar-refractivity contribution in [3.63, 3.8) is 0 Å². The number of rotatable bonds is 3. The molecule has 0 bridgehead atoms. The number of nitrogens with zero attached hydrogens (tertiary/aromatic N) is 3. The molecule has 138 valence electrons. The summed E-state index contributed by atoms with van der Waals surface area (Å²) in [5.74, 6) is -0.635. The third kappa shape index (κ3) is 3.37. The van der Waals surface area contributed by atoms with Crippen molar-refractivity contribution in [3.05, 3.63) is 71.6 Å². The topological polar surface area (TPSA) is 71.8 Å². The summed E-state index contributed by atoms with van der Waals surface area (Å²) >= 11 is 1.22. The van der Waals surface area contributed by atoms with Crippen molar-refractivity contribution in [1.82, 2.24) is 14.9 Å². The van der Waals surface area contributed by atoms with Gasteiger partial charge in [-0.2, -0.15) is 0 Å². The minimum absolute atomic E-state index is 0.101. The minimum Gasteiger partial charge on any atom is -0.323 e. The molecule has 0 fully saturated rings. The van der Waals surface area contributed by atoms with E-state index >= 15 is 0 Å². The third-order valence-corrected chi connectivity index (χ3v) is 5.43. The van der Waals surface area contributed by atoms with Crippen LogP contribution in [0.5, 0.6) is 0 Å². The van der Waals surface area contributed by atoms with E-state index < -0.39 is 17.1 Å². The van der Waals surface area contributed by atoms with Crippen LogP contribution in [0.3, 0.4) is 0 Å². The van der Waals surface area contributed by atoms with Gasteiger partial charge in [0, 0.05) is 0 Å². The Hall–Kier alpha value is -2.94. The van der Waals surface area contributed by atoms with Gasteiger partial charge in [0.15, 0.2) is 0 Å². The molecule has 1 aliphatic heterocycles. The maximum absolute atomic E-state index is 13.9. The van der Waals surface area contributed by atoms with Crippen LogP contribution in [-0.2, 0) is 4.79 Å². The number of thioether (sulfide) groups is 1. The summed E-state index contributed by atoms with van der Waals surface area (Å²) in [7, 11) is 0. The van der Waals surface area contributed by atoms with Gasteiger partial charge in [0.25, 0.3) is 0 Å². The summed E-state index contributed by atoms with van der Waals surface area (Å²) in [6, 6.07) is 11.4. The Morgan fingerprint density at radius 2 is 1.89 bits per heavy atom. The lowest BCUT2D eigenvalue weighted by molar-refractivity contribution is -0.116. The second-order valence-corrected chi connectivity index (χ2v) is 7.14. The van der Waals surface area contributed by atoms with E-state index in [0.29, 0.717) is 11.0 Å². The van der Waals surface area contributed by atoms with Crippen LogP contribution in [0, 0.1) is 18.6 Å². The molecule has 2 heterocycles. The predicted molar refractivity (Wildman–Crippen MR) is 97.9 cm³/mol. The van der Waals surface area contributed by atoms with E-state index in [1.165, 1.54) is 36.0 Å². The molecule has 1 aliphatic rings. The molecule has 0 saturated heterocycles. The Balaban J connectivity index is 1.68. The summed E-state index contributed by atoms with van der Waals surface area (Å²) in [5.41, 5.74) is 4.03. The molecule has 1 aromatic heterocycles. The van der Waals surface area contributed by atoms with Gasteiger partial charge in [0.05, 0.1) is 11.7 Å². The first-order valence-corrected chi connectivity index (χ1v) is 9.07. The number of fused-ring (bicyclic) bond motifs is 1. The average Bonchev–Trinajstić information content (AvgIpc) is 3.03. The zero-order chi connectivity index (χ0) is 19.0. The standard InChI is InChI=1S/C18H15F2N5OS/c1-10-22-23-18-25(10)24-15(11-6-8-12(19)9-7-11)16(27-18)17(26)21-14-5-3-2-4-13(14)20/h2-9,15-16,24H,1H3,(H,21,26)/t15-,16-/m0/s1. The number of para-hydroxylation sites is 1. The van der Waals surface area contributed by atoms with Crippen LogP contribution < -0.4 is 10.7 Å². The molecule has 9 heteroatoms. The van der Waals surface area contributed by atoms with Gasteiger partial charge in [0.2, 0.25) is 11.1 Å². The predicted octanol–water partition coefficient (Wildman–Crippen LogP) is 3.26. The second kappa shape index (κ2) is 6.99. The number of hydrogen-bond donors (Lipinski definition) is 2. The van der Waals surface area contributed by atoms with Gasteiger partial charge in [-0.15, -0.1) is 10.2 Å². The number of nitrogens with one attached hydrogen (secondary N) is 2. The fourth-order valence-corrected chi connectivity index (χ4v) is 3.97. The highest BCUT2D eigenvalue weighted by atomic mass is 32.2. The molecule has 1 amide bonds. The number of halogens is 2. The van der Waals surface area contributed by atoms with E-state index in [1.54, 1.807) is 35.9 Å². The normalized spacial score (nSPS) is 18.5. The molecule has 0 saturated carbocycles. The SMILES string of the molecule is Cc1nnc2n1N[C@@H](c1ccc(F)cc1)[C@@H](C(=O)Nc1ccccc1F)S2. The highest BCUT2D eigenvalue weighted by molar-refractivity contribution is 8.00. The maximum atomic E-state index is 13.9.